The number of nitrogens with one attached hydrogen (secondary N) is 3. The normalized spacial score (nSPS) is 17.4. The molecule has 1 heterocycles. The second kappa shape index (κ2) is 12.5. The van der Waals surface area contributed by atoms with Crippen molar-refractivity contribution in [3.63, 3.8) is 0 Å². The molecular weight excluding hydrogens is 430 g/mol. The summed E-state index contributed by atoms with van der Waals surface area (Å²) in [5, 5.41) is 9.30. The number of hydrogen-bond acceptors (Lipinski definition) is 3. The number of halogens is 1. The molecule has 1 saturated heterocycles. The van der Waals surface area contributed by atoms with Crippen molar-refractivity contribution in [3.05, 3.63) is 29.3 Å². The van der Waals surface area contributed by atoms with E-state index in [1.807, 2.05) is 4.90 Å². The maximum Gasteiger partial charge on any atom is 0.321 e. The molecule has 0 aromatic heterocycles. The molecule has 5 amide bonds. The van der Waals surface area contributed by atoms with Gasteiger partial charge in [0.2, 0.25) is 5.91 Å². The molecule has 1 aromatic carbocycles. The molecule has 0 spiro atoms. The van der Waals surface area contributed by atoms with E-state index < -0.39 is 0 Å². The van der Waals surface area contributed by atoms with Crippen LogP contribution in [0.3, 0.4) is 0 Å². The van der Waals surface area contributed by atoms with Gasteiger partial charge in [-0.15, -0.1) is 0 Å². The average Bonchev–Trinajstić information content (AvgIpc) is 3.04. The van der Waals surface area contributed by atoms with Gasteiger partial charge >= 0.3 is 12.1 Å². The Balaban J connectivity index is 1.33. The van der Waals surface area contributed by atoms with Crippen molar-refractivity contribution in [1.29, 1.82) is 0 Å². The molecule has 1 saturated carbocycles. The van der Waals surface area contributed by atoms with Crippen molar-refractivity contribution in [2.75, 3.05) is 38.0 Å². The third-order valence-electron chi connectivity index (χ3n) is 6.01. The van der Waals surface area contributed by atoms with Crippen molar-refractivity contribution in [1.82, 2.24) is 20.4 Å². The van der Waals surface area contributed by atoms with E-state index in [2.05, 4.69) is 16.0 Å². The number of hydrogen-bond donors (Lipinski definition) is 3. The number of anilines is 1. The molecule has 2 fully saturated rings. The van der Waals surface area contributed by atoms with Gasteiger partial charge in [0.15, 0.2) is 0 Å². The van der Waals surface area contributed by atoms with Crippen LogP contribution in [-0.4, -0.2) is 66.5 Å². The van der Waals surface area contributed by atoms with Crippen LogP contribution in [0.1, 0.15) is 51.4 Å². The summed E-state index contributed by atoms with van der Waals surface area (Å²) in [6.45, 7) is 2.71. The second-order valence-electron chi connectivity index (χ2n) is 8.50. The first kappa shape index (κ1) is 24.2. The molecule has 1 aromatic rings. The van der Waals surface area contributed by atoms with Crippen LogP contribution in [0.15, 0.2) is 24.3 Å². The molecule has 3 rings (SSSR count). The van der Waals surface area contributed by atoms with Crippen LogP contribution in [0.25, 0.3) is 0 Å². The fourth-order valence-corrected chi connectivity index (χ4v) is 4.41. The summed E-state index contributed by atoms with van der Waals surface area (Å²) in [5.74, 6) is 0.0663. The first-order valence-electron chi connectivity index (χ1n) is 11.6. The Morgan fingerprint density at radius 3 is 2.50 bits per heavy atom. The van der Waals surface area contributed by atoms with Gasteiger partial charge in [0, 0.05) is 55.9 Å². The van der Waals surface area contributed by atoms with Gasteiger partial charge in [-0.1, -0.05) is 36.9 Å². The second-order valence-corrected chi connectivity index (χ2v) is 8.94. The Bertz CT molecular complexity index is 785. The van der Waals surface area contributed by atoms with Crippen LogP contribution >= 0.6 is 11.6 Å². The van der Waals surface area contributed by atoms with E-state index in [-0.39, 0.29) is 24.0 Å². The first-order valence-corrected chi connectivity index (χ1v) is 12.0. The Morgan fingerprint density at radius 1 is 0.969 bits per heavy atom. The maximum atomic E-state index is 12.6. The largest absolute Gasteiger partial charge is 0.341 e. The summed E-state index contributed by atoms with van der Waals surface area (Å²) in [6, 6.07) is 7.00. The third kappa shape index (κ3) is 7.89. The number of rotatable bonds is 6. The quantitative estimate of drug-likeness (QED) is 0.560. The minimum absolute atomic E-state index is 0.0663. The molecule has 176 valence electrons. The van der Waals surface area contributed by atoms with Crippen LogP contribution in [0.5, 0.6) is 0 Å². The molecule has 0 radical (unpaired) electrons. The Hall–Kier alpha value is -2.48. The molecule has 0 unspecified atom stereocenters. The van der Waals surface area contributed by atoms with Gasteiger partial charge in [0.05, 0.1) is 0 Å². The van der Waals surface area contributed by atoms with Gasteiger partial charge in [0.25, 0.3) is 0 Å². The van der Waals surface area contributed by atoms with E-state index in [1.54, 1.807) is 29.2 Å². The van der Waals surface area contributed by atoms with Crippen molar-refractivity contribution >= 4 is 35.3 Å². The van der Waals surface area contributed by atoms with Crippen LogP contribution < -0.4 is 16.0 Å². The standard InChI is InChI=1S/C23H34ClN5O3/c24-18-7-4-10-20(17-18)27-23(32)29-14-6-13-28(15-16-29)21(30)11-5-12-25-22(31)26-19-8-2-1-3-9-19/h4,7,10,17,19H,1-3,5-6,8-9,11-16H2,(H,27,32)(H2,25,26,31). The lowest BCUT2D eigenvalue weighted by atomic mass is 9.96. The molecule has 0 bridgehead atoms. The molecule has 1 aliphatic heterocycles. The lowest BCUT2D eigenvalue weighted by molar-refractivity contribution is -0.131. The van der Waals surface area contributed by atoms with Crippen LogP contribution in [0, 0.1) is 0 Å². The summed E-state index contributed by atoms with van der Waals surface area (Å²) in [7, 11) is 0. The van der Waals surface area contributed by atoms with E-state index in [0.717, 1.165) is 19.3 Å². The zero-order chi connectivity index (χ0) is 22.8. The van der Waals surface area contributed by atoms with E-state index >= 15 is 0 Å². The van der Waals surface area contributed by atoms with E-state index in [0.29, 0.717) is 56.3 Å². The zero-order valence-corrected chi connectivity index (χ0v) is 19.3. The topological polar surface area (TPSA) is 93.8 Å². The predicted octanol–water partition coefficient (Wildman–Crippen LogP) is 3.82. The van der Waals surface area contributed by atoms with Gasteiger partial charge < -0.3 is 25.8 Å². The highest BCUT2D eigenvalue weighted by Crippen LogP contribution is 2.17. The highest BCUT2D eigenvalue weighted by Gasteiger charge is 2.22. The SMILES string of the molecule is O=C(NCCCC(=O)N1CCCN(C(=O)Nc2cccc(Cl)c2)CC1)NC1CCCCC1. The first-order chi connectivity index (χ1) is 15.5. The molecule has 9 heteroatoms. The van der Waals surface area contributed by atoms with Crippen LogP contribution in [-0.2, 0) is 4.79 Å². The molecule has 8 nitrogen and oxygen atoms in total. The van der Waals surface area contributed by atoms with E-state index in [1.165, 1.54) is 19.3 Å². The summed E-state index contributed by atoms with van der Waals surface area (Å²) < 4.78 is 0. The summed E-state index contributed by atoms with van der Waals surface area (Å²) in [4.78, 5) is 40.7. The minimum atomic E-state index is -0.185. The predicted molar refractivity (Wildman–Crippen MR) is 126 cm³/mol. The highest BCUT2D eigenvalue weighted by molar-refractivity contribution is 6.30. The summed E-state index contributed by atoms with van der Waals surface area (Å²) in [6.07, 6.45) is 7.43. The Labute approximate surface area is 195 Å². The third-order valence-corrected chi connectivity index (χ3v) is 6.24. The maximum absolute atomic E-state index is 12.6. The molecule has 1 aliphatic carbocycles. The van der Waals surface area contributed by atoms with Crippen molar-refractivity contribution in [3.8, 4) is 0 Å². The molecule has 2 aliphatic rings. The van der Waals surface area contributed by atoms with Gasteiger partial charge in [-0.25, -0.2) is 9.59 Å². The van der Waals surface area contributed by atoms with Gasteiger partial charge in [-0.05, 0) is 43.9 Å². The zero-order valence-electron chi connectivity index (χ0n) is 18.6. The minimum Gasteiger partial charge on any atom is -0.341 e. The highest BCUT2D eigenvalue weighted by atomic mass is 35.5. The number of nitrogens with zero attached hydrogens (tertiary/aromatic N) is 2. The van der Waals surface area contributed by atoms with Gasteiger partial charge in [-0.2, -0.15) is 0 Å². The number of carbonyl (C=O) groups is 3. The van der Waals surface area contributed by atoms with E-state index in [4.69, 9.17) is 11.6 Å². The molecule has 3 N–H and O–H groups in total. The fourth-order valence-electron chi connectivity index (χ4n) is 4.22. The van der Waals surface area contributed by atoms with Crippen molar-refractivity contribution in [2.24, 2.45) is 0 Å². The molecule has 32 heavy (non-hydrogen) atoms. The number of urea groups is 2. The monoisotopic (exact) mass is 463 g/mol. The van der Waals surface area contributed by atoms with Crippen molar-refractivity contribution < 1.29 is 14.4 Å². The fraction of sp³-hybridized carbons (Fsp3) is 0.609. The Kier molecular flexibility index (Phi) is 9.46. The van der Waals surface area contributed by atoms with Gasteiger partial charge in [-0.3, -0.25) is 4.79 Å². The van der Waals surface area contributed by atoms with Crippen LogP contribution in [0.4, 0.5) is 15.3 Å². The lowest BCUT2D eigenvalue weighted by Gasteiger charge is -2.23. The summed E-state index contributed by atoms with van der Waals surface area (Å²) >= 11 is 5.97. The van der Waals surface area contributed by atoms with E-state index in [9.17, 15) is 14.4 Å². The summed E-state index contributed by atoms with van der Waals surface area (Å²) in [5.41, 5.74) is 0.653. The molecular formula is C23H34ClN5O3. The van der Waals surface area contributed by atoms with Crippen LogP contribution in [0.2, 0.25) is 5.02 Å². The number of amides is 5. The lowest BCUT2D eigenvalue weighted by Crippen LogP contribution is -2.43. The number of benzene rings is 1. The Morgan fingerprint density at radius 2 is 1.72 bits per heavy atom. The van der Waals surface area contributed by atoms with Crippen molar-refractivity contribution in [2.45, 2.75) is 57.4 Å². The number of carbonyl (C=O) groups excluding carboxylic acids is 3. The smallest absolute Gasteiger partial charge is 0.321 e. The molecule has 0 atom stereocenters. The average molecular weight is 464 g/mol. The van der Waals surface area contributed by atoms with Gasteiger partial charge in [0.1, 0.15) is 0 Å².